The van der Waals surface area contributed by atoms with Gasteiger partial charge in [-0.2, -0.15) is 0 Å². The van der Waals surface area contributed by atoms with Crippen LogP contribution in [0.15, 0.2) is 30.6 Å². The minimum atomic E-state index is -0.208. The molecule has 2 N–H and O–H groups in total. The number of benzene rings is 1. The van der Waals surface area contributed by atoms with Crippen LogP contribution in [0.25, 0.3) is 0 Å². The van der Waals surface area contributed by atoms with Gasteiger partial charge in [-0.05, 0) is 50.5 Å². The Hall–Kier alpha value is -2.43. The molecule has 2 aromatic rings. The van der Waals surface area contributed by atoms with E-state index < -0.39 is 0 Å². The van der Waals surface area contributed by atoms with E-state index in [0.717, 1.165) is 23.2 Å². The molecule has 5 nitrogen and oxygen atoms in total. The molecule has 1 unspecified atom stereocenters. The van der Waals surface area contributed by atoms with Gasteiger partial charge in [0.25, 0.3) is 5.91 Å². The molecule has 1 aromatic heterocycles. The second kappa shape index (κ2) is 7.02. The maximum atomic E-state index is 12.2. The molecule has 0 spiro atoms. The summed E-state index contributed by atoms with van der Waals surface area (Å²) in [5.74, 6) is 0.331. The van der Waals surface area contributed by atoms with Crippen LogP contribution in [0.5, 0.6) is 0 Å². The van der Waals surface area contributed by atoms with Crippen LogP contribution in [0.3, 0.4) is 0 Å². The second-order valence-electron chi connectivity index (χ2n) is 5.58. The Morgan fingerprint density at radius 3 is 2.27 bits per heavy atom. The zero-order valence-electron chi connectivity index (χ0n) is 13.5. The number of rotatable bonds is 5. The Bertz CT molecular complexity index is 632. The van der Waals surface area contributed by atoms with Crippen molar-refractivity contribution in [3.05, 3.63) is 47.3 Å². The summed E-state index contributed by atoms with van der Waals surface area (Å²) in [7, 11) is 0. The second-order valence-corrected chi connectivity index (χ2v) is 5.58. The van der Waals surface area contributed by atoms with E-state index >= 15 is 0 Å². The average Bonchev–Trinajstić information content (AvgIpc) is 2.46. The van der Waals surface area contributed by atoms with Gasteiger partial charge in [-0.25, -0.2) is 9.97 Å². The predicted molar refractivity (Wildman–Crippen MR) is 89.3 cm³/mol. The topological polar surface area (TPSA) is 66.9 Å². The van der Waals surface area contributed by atoms with Gasteiger partial charge in [0.05, 0.1) is 5.56 Å². The van der Waals surface area contributed by atoms with Gasteiger partial charge in [0.2, 0.25) is 5.95 Å². The van der Waals surface area contributed by atoms with Crippen LogP contribution in [0.2, 0.25) is 0 Å². The van der Waals surface area contributed by atoms with Crippen molar-refractivity contribution in [1.82, 2.24) is 9.97 Å². The molecule has 5 heteroatoms. The van der Waals surface area contributed by atoms with Crippen LogP contribution in [-0.4, -0.2) is 21.9 Å². The molecule has 0 bridgehead atoms. The van der Waals surface area contributed by atoms with Crippen LogP contribution >= 0.6 is 0 Å². The standard InChI is InChI=1S/C17H22N4O/c1-5-13(4)20-17-18-9-14(10-19-17)16(22)21-15-7-11(2)6-12(3)8-15/h6-10,13H,5H2,1-4H3,(H,21,22)(H,18,19,20). The molecule has 116 valence electrons. The van der Waals surface area contributed by atoms with Gasteiger partial charge in [-0.1, -0.05) is 13.0 Å². The van der Waals surface area contributed by atoms with Gasteiger partial charge in [0, 0.05) is 24.1 Å². The fraction of sp³-hybridized carbons (Fsp3) is 0.353. The summed E-state index contributed by atoms with van der Waals surface area (Å²) in [4.78, 5) is 20.6. The Morgan fingerprint density at radius 2 is 1.73 bits per heavy atom. The smallest absolute Gasteiger partial charge is 0.258 e. The van der Waals surface area contributed by atoms with Crippen molar-refractivity contribution in [3.8, 4) is 0 Å². The van der Waals surface area contributed by atoms with E-state index in [0.29, 0.717) is 17.6 Å². The highest BCUT2D eigenvalue weighted by atomic mass is 16.1. The highest BCUT2D eigenvalue weighted by Crippen LogP contribution is 2.15. The van der Waals surface area contributed by atoms with Gasteiger partial charge in [0.1, 0.15) is 0 Å². The predicted octanol–water partition coefficient (Wildman–Crippen LogP) is 3.56. The SMILES string of the molecule is CCC(C)Nc1ncc(C(=O)Nc2cc(C)cc(C)c2)cn1. The van der Waals surface area contributed by atoms with E-state index in [2.05, 4.69) is 40.5 Å². The van der Waals surface area contributed by atoms with Gasteiger partial charge >= 0.3 is 0 Å². The van der Waals surface area contributed by atoms with Crippen LogP contribution in [0, 0.1) is 13.8 Å². The van der Waals surface area contributed by atoms with E-state index in [1.807, 2.05) is 26.0 Å². The Balaban J connectivity index is 2.06. The lowest BCUT2D eigenvalue weighted by Gasteiger charge is -2.11. The molecule has 0 radical (unpaired) electrons. The van der Waals surface area contributed by atoms with Crippen LogP contribution in [0.1, 0.15) is 41.8 Å². The minimum absolute atomic E-state index is 0.208. The number of aryl methyl sites for hydroxylation is 2. The molecule has 1 heterocycles. The van der Waals surface area contributed by atoms with E-state index in [4.69, 9.17) is 0 Å². The molecule has 1 atom stereocenters. The fourth-order valence-electron chi connectivity index (χ4n) is 2.09. The Labute approximate surface area is 131 Å². The number of hydrogen-bond acceptors (Lipinski definition) is 4. The molecule has 22 heavy (non-hydrogen) atoms. The van der Waals surface area contributed by atoms with Crippen molar-refractivity contribution >= 4 is 17.5 Å². The lowest BCUT2D eigenvalue weighted by Crippen LogP contribution is -2.17. The van der Waals surface area contributed by atoms with E-state index in [1.54, 1.807) is 0 Å². The maximum Gasteiger partial charge on any atom is 0.258 e. The third kappa shape index (κ3) is 4.28. The van der Waals surface area contributed by atoms with Crippen molar-refractivity contribution in [2.24, 2.45) is 0 Å². The van der Waals surface area contributed by atoms with E-state index in [9.17, 15) is 4.79 Å². The molecule has 0 fully saturated rings. The van der Waals surface area contributed by atoms with Crippen molar-refractivity contribution < 1.29 is 4.79 Å². The molecular weight excluding hydrogens is 276 g/mol. The summed E-state index contributed by atoms with van der Waals surface area (Å²) < 4.78 is 0. The first kappa shape index (κ1) is 15.9. The zero-order valence-corrected chi connectivity index (χ0v) is 13.5. The van der Waals surface area contributed by atoms with Gasteiger partial charge < -0.3 is 10.6 Å². The fourth-order valence-corrected chi connectivity index (χ4v) is 2.09. The quantitative estimate of drug-likeness (QED) is 0.885. The zero-order chi connectivity index (χ0) is 16.1. The third-order valence-corrected chi connectivity index (χ3v) is 3.38. The summed E-state index contributed by atoms with van der Waals surface area (Å²) in [6.07, 6.45) is 4.06. The monoisotopic (exact) mass is 298 g/mol. The molecule has 0 saturated heterocycles. The molecule has 0 saturated carbocycles. The van der Waals surface area contributed by atoms with Gasteiger partial charge in [-0.3, -0.25) is 4.79 Å². The van der Waals surface area contributed by atoms with Gasteiger partial charge in [-0.15, -0.1) is 0 Å². The molecule has 1 amide bonds. The highest BCUT2D eigenvalue weighted by Gasteiger charge is 2.09. The normalized spacial score (nSPS) is 11.8. The number of aromatic nitrogens is 2. The number of carbonyl (C=O) groups is 1. The molecule has 2 rings (SSSR count). The number of carbonyl (C=O) groups excluding carboxylic acids is 1. The third-order valence-electron chi connectivity index (χ3n) is 3.38. The van der Waals surface area contributed by atoms with Crippen molar-refractivity contribution in [3.63, 3.8) is 0 Å². The summed E-state index contributed by atoms with van der Waals surface area (Å²) in [6, 6.07) is 6.23. The van der Waals surface area contributed by atoms with Crippen molar-refractivity contribution in [1.29, 1.82) is 0 Å². The van der Waals surface area contributed by atoms with E-state index in [-0.39, 0.29) is 5.91 Å². The molecule has 0 aliphatic carbocycles. The lowest BCUT2D eigenvalue weighted by atomic mass is 10.1. The summed E-state index contributed by atoms with van der Waals surface area (Å²) in [5, 5.41) is 6.04. The first-order valence-corrected chi connectivity index (χ1v) is 7.46. The lowest BCUT2D eigenvalue weighted by molar-refractivity contribution is 0.102. The van der Waals surface area contributed by atoms with Crippen molar-refractivity contribution in [2.45, 2.75) is 40.2 Å². The molecular formula is C17H22N4O. The average molecular weight is 298 g/mol. The highest BCUT2D eigenvalue weighted by molar-refractivity contribution is 6.04. The number of amides is 1. The van der Waals surface area contributed by atoms with Gasteiger partial charge in [0.15, 0.2) is 0 Å². The maximum absolute atomic E-state index is 12.2. The molecule has 1 aromatic carbocycles. The van der Waals surface area contributed by atoms with Crippen molar-refractivity contribution in [2.75, 3.05) is 10.6 Å². The largest absolute Gasteiger partial charge is 0.352 e. The van der Waals surface area contributed by atoms with E-state index in [1.165, 1.54) is 12.4 Å². The summed E-state index contributed by atoms with van der Waals surface area (Å²) in [6.45, 7) is 8.15. The number of nitrogens with zero attached hydrogens (tertiary/aromatic N) is 2. The Kier molecular flexibility index (Phi) is 5.09. The molecule has 0 aliphatic rings. The Morgan fingerprint density at radius 1 is 1.14 bits per heavy atom. The van der Waals surface area contributed by atoms with Crippen LogP contribution < -0.4 is 10.6 Å². The number of hydrogen-bond donors (Lipinski definition) is 2. The number of nitrogens with one attached hydrogen (secondary N) is 2. The summed E-state index contributed by atoms with van der Waals surface area (Å²) >= 11 is 0. The first-order chi connectivity index (χ1) is 10.5. The van der Waals surface area contributed by atoms with Crippen LogP contribution in [-0.2, 0) is 0 Å². The summed E-state index contributed by atoms with van der Waals surface area (Å²) in [5.41, 5.74) is 3.44. The number of anilines is 2. The first-order valence-electron chi connectivity index (χ1n) is 7.46. The van der Waals surface area contributed by atoms with Crippen LogP contribution in [0.4, 0.5) is 11.6 Å². The molecule has 0 aliphatic heterocycles. The minimum Gasteiger partial charge on any atom is -0.352 e.